The minimum Gasteiger partial charge on any atom is -0.494 e. The molecule has 0 aliphatic rings. The second kappa shape index (κ2) is 4.54. The number of nitrogens with zero attached hydrogens (tertiary/aromatic N) is 2. The lowest BCUT2D eigenvalue weighted by atomic mass is 10.6. The Morgan fingerprint density at radius 3 is 2.54 bits per heavy atom. The summed E-state index contributed by atoms with van der Waals surface area (Å²) in [5.41, 5.74) is 0. The largest absolute Gasteiger partial charge is 0.494 e. The smallest absolute Gasteiger partial charge is 0.255 e. The van der Waals surface area contributed by atoms with E-state index in [1.807, 2.05) is 0 Å². The van der Waals surface area contributed by atoms with E-state index >= 15 is 0 Å². The quantitative estimate of drug-likeness (QED) is 0.772. The minimum atomic E-state index is -2.41. The lowest BCUT2D eigenvalue weighted by molar-refractivity contribution is 0.163. The first-order valence-corrected chi connectivity index (χ1v) is 3.60. The Morgan fingerprint density at radius 1 is 1.46 bits per heavy atom. The van der Waals surface area contributed by atoms with Crippen molar-refractivity contribution in [3.8, 4) is 5.75 Å². The zero-order valence-corrected chi connectivity index (χ0v) is 7.00. The van der Waals surface area contributed by atoms with Crippen LogP contribution in [0.5, 0.6) is 5.75 Å². The summed E-state index contributed by atoms with van der Waals surface area (Å²) >= 11 is 0. The number of methoxy groups -OCH3 is 1. The molecular weight excluding hydrogens is 180 g/mol. The van der Waals surface area contributed by atoms with Crippen molar-refractivity contribution in [1.82, 2.24) is 9.97 Å². The molecule has 0 unspecified atom stereocenters. The molecule has 13 heavy (non-hydrogen) atoms. The molecule has 0 aliphatic heterocycles. The highest BCUT2D eigenvalue weighted by molar-refractivity contribution is 5.26. The summed E-state index contributed by atoms with van der Waals surface area (Å²) in [6.45, 7) is -0.452. The van der Waals surface area contributed by atoms with Gasteiger partial charge in [0.05, 0.1) is 26.0 Å². The molecule has 4 nitrogen and oxygen atoms in total. The summed E-state index contributed by atoms with van der Waals surface area (Å²) in [4.78, 5) is 7.48. The molecule has 0 radical (unpaired) electrons. The van der Waals surface area contributed by atoms with Crippen molar-refractivity contribution in [2.24, 2.45) is 0 Å². The summed E-state index contributed by atoms with van der Waals surface area (Å²) in [6, 6.07) is 0. The first-order valence-electron chi connectivity index (χ1n) is 3.60. The van der Waals surface area contributed by atoms with Crippen LogP contribution in [-0.4, -0.2) is 30.0 Å². The van der Waals surface area contributed by atoms with Gasteiger partial charge in [0.2, 0.25) is 5.95 Å². The second-order valence-electron chi connectivity index (χ2n) is 2.22. The van der Waals surface area contributed by atoms with Crippen molar-refractivity contribution in [3.63, 3.8) is 0 Å². The Hall–Kier alpha value is -1.46. The van der Waals surface area contributed by atoms with Crippen LogP contribution < -0.4 is 10.1 Å². The second-order valence-corrected chi connectivity index (χ2v) is 2.22. The zero-order valence-electron chi connectivity index (χ0n) is 7.00. The third-order valence-electron chi connectivity index (χ3n) is 1.28. The number of hydrogen-bond donors (Lipinski definition) is 1. The molecule has 0 aliphatic carbocycles. The molecule has 0 atom stereocenters. The molecule has 1 rings (SSSR count). The van der Waals surface area contributed by atoms with Crippen molar-refractivity contribution in [2.75, 3.05) is 19.0 Å². The highest BCUT2D eigenvalue weighted by atomic mass is 19.3. The summed E-state index contributed by atoms with van der Waals surface area (Å²) in [7, 11) is 1.48. The topological polar surface area (TPSA) is 47.0 Å². The molecule has 0 saturated carbocycles. The van der Waals surface area contributed by atoms with E-state index in [0.29, 0.717) is 5.75 Å². The van der Waals surface area contributed by atoms with E-state index < -0.39 is 13.0 Å². The van der Waals surface area contributed by atoms with Gasteiger partial charge >= 0.3 is 0 Å². The van der Waals surface area contributed by atoms with Gasteiger partial charge in [0.15, 0.2) is 5.75 Å². The number of halogens is 2. The van der Waals surface area contributed by atoms with Crippen LogP contribution in [0.15, 0.2) is 12.4 Å². The molecule has 0 spiro atoms. The van der Waals surface area contributed by atoms with E-state index in [0.717, 1.165) is 0 Å². The van der Waals surface area contributed by atoms with Crippen molar-refractivity contribution in [3.05, 3.63) is 12.4 Å². The van der Waals surface area contributed by atoms with Gasteiger partial charge in [-0.3, -0.25) is 0 Å². The number of aromatic nitrogens is 2. The van der Waals surface area contributed by atoms with E-state index in [1.54, 1.807) is 0 Å². The standard InChI is InChI=1S/C7H9F2N3O/c1-13-5-2-10-7(11-3-5)12-4-6(8)9/h2-3,6H,4H2,1H3,(H,10,11,12). The highest BCUT2D eigenvalue weighted by Crippen LogP contribution is 2.07. The van der Waals surface area contributed by atoms with E-state index in [2.05, 4.69) is 15.3 Å². The van der Waals surface area contributed by atoms with E-state index in [1.165, 1.54) is 19.5 Å². The molecule has 0 aromatic carbocycles. The van der Waals surface area contributed by atoms with Crippen LogP contribution in [0, 0.1) is 0 Å². The van der Waals surface area contributed by atoms with Gasteiger partial charge in [-0.2, -0.15) is 0 Å². The maximum absolute atomic E-state index is 11.7. The molecule has 1 heterocycles. The third-order valence-corrected chi connectivity index (χ3v) is 1.28. The molecule has 6 heteroatoms. The lowest BCUT2D eigenvalue weighted by Crippen LogP contribution is -2.12. The van der Waals surface area contributed by atoms with Gasteiger partial charge in [-0.25, -0.2) is 18.7 Å². The van der Waals surface area contributed by atoms with Crippen LogP contribution in [0.4, 0.5) is 14.7 Å². The molecule has 72 valence electrons. The van der Waals surface area contributed by atoms with Gasteiger partial charge in [0.1, 0.15) is 0 Å². The number of alkyl halides is 2. The number of rotatable bonds is 4. The van der Waals surface area contributed by atoms with Crippen LogP contribution in [0.1, 0.15) is 0 Å². The maximum Gasteiger partial charge on any atom is 0.255 e. The van der Waals surface area contributed by atoms with Crippen LogP contribution in [0.3, 0.4) is 0 Å². The van der Waals surface area contributed by atoms with Gasteiger partial charge in [0, 0.05) is 0 Å². The fourth-order valence-electron chi connectivity index (χ4n) is 0.681. The maximum atomic E-state index is 11.7. The molecule has 1 aromatic heterocycles. The third kappa shape index (κ3) is 3.18. The monoisotopic (exact) mass is 189 g/mol. The van der Waals surface area contributed by atoms with Gasteiger partial charge < -0.3 is 10.1 Å². The molecule has 1 N–H and O–H groups in total. The SMILES string of the molecule is COc1cnc(NCC(F)F)nc1. The Bertz CT molecular complexity index is 252. The number of anilines is 1. The zero-order chi connectivity index (χ0) is 9.68. The average molecular weight is 189 g/mol. The predicted molar refractivity (Wildman–Crippen MR) is 43.1 cm³/mol. The van der Waals surface area contributed by atoms with Crippen LogP contribution >= 0.6 is 0 Å². The van der Waals surface area contributed by atoms with Crippen LogP contribution in [0.2, 0.25) is 0 Å². The Balaban J connectivity index is 2.49. The van der Waals surface area contributed by atoms with Crippen molar-refractivity contribution in [1.29, 1.82) is 0 Å². The van der Waals surface area contributed by atoms with E-state index in [9.17, 15) is 8.78 Å². The molecule has 0 bridgehead atoms. The van der Waals surface area contributed by atoms with Gasteiger partial charge in [0.25, 0.3) is 6.43 Å². The Morgan fingerprint density at radius 2 is 2.08 bits per heavy atom. The Kier molecular flexibility index (Phi) is 3.36. The summed E-state index contributed by atoms with van der Waals surface area (Å²) < 4.78 is 28.2. The predicted octanol–water partition coefficient (Wildman–Crippen LogP) is 1.16. The average Bonchev–Trinajstić information content (AvgIpc) is 2.15. The summed E-state index contributed by atoms with van der Waals surface area (Å²) in [6.07, 6.45) is 0.396. The first kappa shape index (κ1) is 9.63. The molecule has 0 saturated heterocycles. The van der Waals surface area contributed by atoms with Gasteiger partial charge in [-0.1, -0.05) is 0 Å². The summed E-state index contributed by atoms with van der Waals surface area (Å²) in [5.74, 6) is 0.656. The number of ether oxygens (including phenoxy) is 1. The molecule has 1 aromatic rings. The fraction of sp³-hybridized carbons (Fsp3) is 0.429. The highest BCUT2D eigenvalue weighted by Gasteiger charge is 2.02. The van der Waals surface area contributed by atoms with Crippen LogP contribution in [-0.2, 0) is 0 Å². The Labute approximate surface area is 74.0 Å². The van der Waals surface area contributed by atoms with Crippen molar-refractivity contribution < 1.29 is 13.5 Å². The minimum absolute atomic E-state index is 0.168. The van der Waals surface area contributed by atoms with E-state index in [-0.39, 0.29) is 5.95 Å². The fourth-order valence-corrected chi connectivity index (χ4v) is 0.681. The van der Waals surface area contributed by atoms with Crippen LogP contribution in [0.25, 0.3) is 0 Å². The van der Waals surface area contributed by atoms with Crippen molar-refractivity contribution in [2.45, 2.75) is 6.43 Å². The lowest BCUT2D eigenvalue weighted by Gasteiger charge is -2.03. The molecular formula is C7H9F2N3O. The molecule has 0 amide bonds. The number of hydrogen-bond acceptors (Lipinski definition) is 4. The molecule has 0 fully saturated rings. The summed E-state index contributed by atoms with van der Waals surface area (Å²) in [5, 5.41) is 2.37. The normalized spacial score (nSPS) is 10.2. The van der Waals surface area contributed by atoms with Gasteiger partial charge in [-0.05, 0) is 0 Å². The van der Waals surface area contributed by atoms with E-state index in [4.69, 9.17) is 4.74 Å². The number of nitrogens with one attached hydrogen (secondary N) is 1. The van der Waals surface area contributed by atoms with Gasteiger partial charge in [-0.15, -0.1) is 0 Å². The first-order chi connectivity index (χ1) is 6.22. The van der Waals surface area contributed by atoms with Crippen molar-refractivity contribution >= 4 is 5.95 Å².